The zero-order chi connectivity index (χ0) is 16.3. The fourth-order valence-corrected chi connectivity index (χ4v) is 15.5. The van der Waals surface area contributed by atoms with Gasteiger partial charge >= 0.3 is 158 Å². The normalized spacial score (nSPS) is 22.4. The van der Waals surface area contributed by atoms with Gasteiger partial charge < -0.3 is 0 Å². The second kappa shape index (κ2) is 8.19. The van der Waals surface area contributed by atoms with Gasteiger partial charge in [-0.25, -0.2) is 0 Å². The molecule has 1 aromatic carbocycles. The Kier molecular flexibility index (Phi) is 6.48. The van der Waals surface area contributed by atoms with Gasteiger partial charge in [-0.2, -0.15) is 0 Å². The van der Waals surface area contributed by atoms with Crippen LogP contribution in [0.5, 0.6) is 5.75 Å². The van der Waals surface area contributed by atoms with Gasteiger partial charge in [-0.15, -0.1) is 0 Å². The van der Waals surface area contributed by atoms with Crippen molar-refractivity contribution in [3.8, 4) is 5.75 Å². The monoisotopic (exact) mass is 445 g/mol. The minimum atomic E-state index is -1.82. The second-order valence-electron chi connectivity index (χ2n) is 7.13. The van der Waals surface area contributed by atoms with E-state index in [4.69, 9.17) is 16.3 Å². The van der Waals surface area contributed by atoms with E-state index in [9.17, 15) is 0 Å². The van der Waals surface area contributed by atoms with Crippen LogP contribution in [-0.4, -0.2) is 21.5 Å². The van der Waals surface area contributed by atoms with Crippen LogP contribution in [0.15, 0.2) is 24.3 Å². The van der Waals surface area contributed by atoms with Gasteiger partial charge in [0.1, 0.15) is 0 Å². The molecule has 4 heteroatoms. The third-order valence-corrected chi connectivity index (χ3v) is 15.2. The molecule has 1 aromatic rings. The molecule has 133 valence electrons. The summed E-state index contributed by atoms with van der Waals surface area (Å²) in [7, 11) is -1.82. The molecule has 1 unspecified atom stereocenters. The average molecular weight is 446 g/mol. The predicted octanol–water partition coefficient (Wildman–Crippen LogP) is 5.41. The van der Waals surface area contributed by atoms with Crippen molar-refractivity contribution in [2.24, 2.45) is 0 Å². The molecular formula is C19H29ClOPPd. The molecule has 0 amide bonds. The van der Waals surface area contributed by atoms with Crippen molar-refractivity contribution in [2.75, 3.05) is 6.61 Å². The number of alkyl halides is 1. The van der Waals surface area contributed by atoms with E-state index in [0.717, 1.165) is 23.7 Å². The third kappa shape index (κ3) is 3.53. The molecule has 0 aromatic heterocycles. The molecule has 1 nitrogen and oxygen atoms in total. The summed E-state index contributed by atoms with van der Waals surface area (Å²) in [5.74, 6) is 1.02. The summed E-state index contributed by atoms with van der Waals surface area (Å²) < 4.78 is 5.97. The van der Waals surface area contributed by atoms with Crippen molar-refractivity contribution in [3.63, 3.8) is 0 Å². The Morgan fingerprint density at radius 3 is 2.17 bits per heavy atom. The van der Waals surface area contributed by atoms with E-state index in [1.54, 1.807) is 0 Å². The Hall–Kier alpha value is 0.402. The molecule has 0 spiro atoms. The maximum atomic E-state index is 6.98. The van der Waals surface area contributed by atoms with Crippen molar-refractivity contribution in [1.82, 2.24) is 0 Å². The Morgan fingerprint density at radius 2 is 1.70 bits per heavy atom. The fourth-order valence-electron chi connectivity index (χ4n) is 5.08. The van der Waals surface area contributed by atoms with Crippen molar-refractivity contribution < 1.29 is 23.9 Å². The summed E-state index contributed by atoms with van der Waals surface area (Å²) in [5, 5.41) is 1.54. The molecule has 3 rings (SSSR count). The minimum absolute atomic E-state index is 0.161. The van der Waals surface area contributed by atoms with Crippen molar-refractivity contribution in [2.45, 2.75) is 73.2 Å². The summed E-state index contributed by atoms with van der Waals surface area (Å²) in [4.78, 5) is 0. The molecule has 0 radical (unpaired) electrons. The third-order valence-electron chi connectivity index (χ3n) is 6.04. The second-order valence-corrected chi connectivity index (χ2v) is 14.8. The van der Waals surface area contributed by atoms with Crippen LogP contribution in [0, 0.1) is 0 Å². The number of rotatable bonds is 6. The molecule has 0 N–H and O–H groups in total. The molecule has 1 atom stereocenters. The van der Waals surface area contributed by atoms with Gasteiger partial charge in [-0.05, 0) is 0 Å². The molecule has 0 saturated heterocycles. The molecule has 0 heterocycles. The van der Waals surface area contributed by atoms with E-state index in [-0.39, 0.29) is 3.59 Å². The Bertz CT molecular complexity index is 494. The van der Waals surface area contributed by atoms with Crippen molar-refractivity contribution in [1.29, 1.82) is 0 Å². The SMILES string of the molecule is CCOc1cccc([PH]([CH](Cl)[Pd])(C2CCCC2)C2CCCC2)c1. The number of benzene rings is 1. The fraction of sp³-hybridized carbons (Fsp3) is 0.684. The number of ether oxygens (including phenoxy) is 1. The molecular weight excluding hydrogens is 417 g/mol. The first kappa shape index (κ1) is 18.2. The summed E-state index contributed by atoms with van der Waals surface area (Å²) in [6.07, 6.45) is 11.1. The Balaban J connectivity index is 2.07. The van der Waals surface area contributed by atoms with Gasteiger partial charge in [-0.3, -0.25) is 0 Å². The molecule has 0 bridgehead atoms. The van der Waals surface area contributed by atoms with Crippen molar-refractivity contribution in [3.05, 3.63) is 24.3 Å². The van der Waals surface area contributed by atoms with Crippen LogP contribution < -0.4 is 10.0 Å². The van der Waals surface area contributed by atoms with Crippen LogP contribution in [0.3, 0.4) is 0 Å². The first-order valence-corrected chi connectivity index (χ1v) is 12.7. The van der Waals surface area contributed by atoms with E-state index in [0.29, 0.717) is 0 Å². The molecule has 23 heavy (non-hydrogen) atoms. The maximum absolute atomic E-state index is 6.98. The van der Waals surface area contributed by atoms with Gasteiger partial charge in [0.2, 0.25) is 0 Å². The summed E-state index contributed by atoms with van der Waals surface area (Å²) in [6, 6.07) is 8.96. The quantitative estimate of drug-likeness (QED) is 0.323. The van der Waals surface area contributed by atoms with Crippen LogP contribution in [0.1, 0.15) is 58.3 Å². The van der Waals surface area contributed by atoms with Crippen LogP contribution in [-0.2, 0) is 19.2 Å². The number of hydrogen-bond donors (Lipinski definition) is 0. The van der Waals surface area contributed by atoms with E-state index < -0.39 is 7.26 Å². The van der Waals surface area contributed by atoms with E-state index >= 15 is 0 Å². The van der Waals surface area contributed by atoms with E-state index in [2.05, 4.69) is 50.4 Å². The molecule has 2 aliphatic rings. The van der Waals surface area contributed by atoms with E-state index in [1.165, 1.54) is 56.7 Å². The van der Waals surface area contributed by atoms with Crippen molar-refractivity contribution >= 4 is 24.2 Å². The van der Waals surface area contributed by atoms with Gasteiger partial charge in [0.15, 0.2) is 0 Å². The summed E-state index contributed by atoms with van der Waals surface area (Å²) in [6.45, 7) is 2.79. The van der Waals surface area contributed by atoms with Crippen LogP contribution in [0.25, 0.3) is 0 Å². The van der Waals surface area contributed by atoms with Gasteiger partial charge in [0.05, 0.1) is 0 Å². The molecule has 0 aliphatic heterocycles. The first-order chi connectivity index (χ1) is 11.2. The molecule has 2 fully saturated rings. The first-order valence-electron chi connectivity index (χ1n) is 9.17. The van der Waals surface area contributed by atoms with Crippen LogP contribution >= 0.6 is 18.9 Å². The summed E-state index contributed by atoms with van der Waals surface area (Å²) in [5.41, 5.74) is 1.67. The number of halogens is 1. The predicted molar refractivity (Wildman–Crippen MR) is 99.7 cm³/mol. The van der Waals surface area contributed by atoms with Gasteiger partial charge in [-0.1, -0.05) is 0 Å². The Labute approximate surface area is 157 Å². The molecule has 2 saturated carbocycles. The van der Waals surface area contributed by atoms with E-state index in [1.807, 2.05) is 0 Å². The topological polar surface area (TPSA) is 9.23 Å². The van der Waals surface area contributed by atoms with Gasteiger partial charge in [0.25, 0.3) is 0 Å². The zero-order valence-corrected chi connectivity index (χ0v) is 17.3. The summed E-state index contributed by atoms with van der Waals surface area (Å²) >= 11 is 10.6. The standard InChI is InChI=1S/C19H29ClOP.Pd/c1-2-21-16-8-7-13-19(14-16)22(15-20,17-9-3-4-10-17)18-11-5-6-12-18;/h7-8,13-15,17-18,22H,2-6,9-12H2,1H3;. The zero-order valence-electron chi connectivity index (χ0n) is 14.0. The number of hydrogen-bond acceptors (Lipinski definition) is 1. The van der Waals surface area contributed by atoms with Crippen LogP contribution in [0.4, 0.5) is 0 Å². The molecule has 2 aliphatic carbocycles. The van der Waals surface area contributed by atoms with Crippen LogP contribution in [0.2, 0.25) is 0 Å². The average Bonchev–Trinajstić information content (AvgIpc) is 3.22. The van der Waals surface area contributed by atoms with Gasteiger partial charge in [0, 0.05) is 0 Å². The Morgan fingerprint density at radius 1 is 1.13 bits per heavy atom.